The number of hydrogen-bond acceptors (Lipinski definition) is 5. The average Bonchev–Trinajstić information content (AvgIpc) is 3.13. The summed E-state index contributed by atoms with van der Waals surface area (Å²) in [4.78, 5) is 17.0. The third-order valence-corrected chi connectivity index (χ3v) is 5.79. The van der Waals surface area contributed by atoms with E-state index in [9.17, 15) is 9.90 Å². The molecule has 0 bridgehead atoms. The van der Waals surface area contributed by atoms with Crippen molar-refractivity contribution >= 4 is 17.2 Å². The lowest BCUT2D eigenvalue weighted by Crippen LogP contribution is -2.49. The SMILES string of the molecule is O=C(CCc1ccsc1)N1C[C@@H](CO)C[C@@H](CN2CCOCC2)C1. The number of aryl methyl sites for hydroxylation is 1. The summed E-state index contributed by atoms with van der Waals surface area (Å²) in [6, 6.07) is 2.09. The normalized spacial score (nSPS) is 25.8. The summed E-state index contributed by atoms with van der Waals surface area (Å²) in [5.74, 6) is 0.903. The molecule has 0 aliphatic carbocycles. The molecule has 0 saturated carbocycles. The van der Waals surface area contributed by atoms with Gasteiger partial charge >= 0.3 is 0 Å². The van der Waals surface area contributed by atoms with Gasteiger partial charge < -0.3 is 14.7 Å². The Morgan fingerprint density at radius 1 is 1.29 bits per heavy atom. The maximum Gasteiger partial charge on any atom is 0.222 e. The Morgan fingerprint density at radius 3 is 2.79 bits per heavy atom. The van der Waals surface area contributed by atoms with Crippen molar-refractivity contribution in [3.05, 3.63) is 22.4 Å². The van der Waals surface area contributed by atoms with Gasteiger partial charge in [-0.1, -0.05) is 0 Å². The van der Waals surface area contributed by atoms with Crippen molar-refractivity contribution in [2.75, 3.05) is 52.5 Å². The van der Waals surface area contributed by atoms with Crippen LogP contribution in [0, 0.1) is 11.8 Å². The van der Waals surface area contributed by atoms with Gasteiger partial charge in [0.25, 0.3) is 0 Å². The molecule has 2 fully saturated rings. The molecular weight excluding hydrogens is 324 g/mol. The number of carbonyl (C=O) groups is 1. The number of aliphatic hydroxyl groups is 1. The highest BCUT2D eigenvalue weighted by molar-refractivity contribution is 7.07. The number of likely N-dealkylation sites (tertiary alicyclic amines) is 1. The number of morpholine rings is 1. The number of ether oxygens (including phenoxy) is 1. The van der Waals surface area contributed by atoms with Gasteiger partial charge in [0.1, 0.15) is 0 Å². The lowest BCUT2D eigenvalue weighted by Gasteiger charge is -2.40. The smallest absolute Gasteiger partial charge is 0.222 e. The second kappa shape index (κ2) is 8.94. The van der Waals surface area contributed by atoms with Crippen LogP contribution in [0.15, 0.2) is 16.8 Å². The molecule has 0 radical (unpaired) electrons. The highest BCUT2D eigenvalue weighted by Gasteiger charge is 2.30. The second-order valence-electron chi connectivity index (χ2n) is 6.99. The van der Waals surface area contributed by atoms with Crippen LogP contribution in [-0.2, 0) is 16.0 Å². The molecule has 2 aliphatic heterocycles. The molecule has 134 valence electrons. The Labute approximate surface area is 148 Å². The van der Waals surface area contributed by atoms with Crippen molar-refractivity contribution in [1.29, 1.82) is 0 Å². The van der Waals surface area contributed by atoms with Crippen molar-refractivity contribution in [2.45, 2.75) is 19.3 Å². The van der Waals surface area contributed by atoms with Crippen molar-refractivity contribution < 1.29 is 14.6 Å². The Balaban J connectivity index is 1.52. The van der Waals surface area contributed by atoms with E-state index in [2.05, 4.69) is 21.7 Å². The first-order valence-electron chi connectivity index (χ1n) is 8.94. The predicted molar refractivity (Wildman–Crippen MR) is 95.2 cm³/mol. The van der Waals surface area contributed by atoms with Crippen LogP contribution in [-0.4, -0.2) is 73.4 Å². The maximum atomic E-state index is 12.6. The van der Waals surface area contributed by atoms with E-state index in [1.165, 1.54) is 5.56 Å². The van der Waals surface area contributed by atoms with Crippen LogP contribution < -0.4 is 0 Å². The molecule has 0 aromatic carbocycles. The molecule has 24 heavy (non-hydrogen) atoms. The molecule has 3 heterocycles. The molecule has 2 saturated heterocycles. The molecule has 5 nitrogen and oxygen atoms in total. The minimum Gasteiger partial charge on any atom is -0.396 e. The third kappa shape index (κ3) is 5.02. The zero-order valence-electron chi connectivity index (χ0n) is 14.2. The summed E-state index contributed by atoms with van der Waals surface area (Å²) in [5.41, 5.74) is 1.24. The lowest BCUT2D eigenvalue weighted by molar-refractivity contribution is -0.134. The van der Waals surface area contributed by atoms with Gasteiger partial charge in [0, 0.05) is 45.8 Å². The van der Waals surface area contributed by atoms with Crippen molar-refractivity contribution in [3.63, 3.8) is 0 Å². The number of amides is 1. The Kier molecular flexibility index (Phi) is 6.66. The van der Waals surface area contributed by atoms with Crippen LogP contribution in [0.3, 0.4) is 0 Å². The summed E-state index contributed by atoms with van der Waals surface area (Å²) in [6.07, 6.45) is 2.40. The largest absolute Gasteiger partial charge is 0.396 e. The van der Waals surface area contributed by atoms with Gasteiger partial charge in [-0.25, -0.2) is 0 Å². The highest BCUT2D eigenvalue weighted by Crippen LogP contribution is 2.24. The predicted octanol–water partition coefficient (Wildman–Crippen LogP) is 1.47. The molecule has 0 unspecified atom stereocenters. The summed E-state index contributed by atoms with van der Waals surface area (Å²) in [6.45, 7) is 6.29. The summed E-state index contributed by atoms with van der Waals surface area (Å²) in [5, 5.41) is 13.8. The lowest BCUT2D eigenvalue weighted by atomic mass is 9.88. The molecule has 1 N–H and O–H groups in total. The zero-order valence-corrected chi connectivity index (χ0v) is 15.0. The third-order valence-electron chi connectivity index (χ3n) is 5.06. The van der Waals surface area contributed by atoms with Gasteiger partial charge in [-0.15, -0.1) is 0 Å². The zero-order chi connectivity index (χ0) is 16.8. The number of aliphatic hydroxyl groups excluding tert-OH is 1. The van der Waals surface area contributed by atoms with Crippen molar-refractivity contribution in [1.82, 2.24) is 9.80 Å². The van der Waals surface area contributed by atoms with E-state index >= 15 is 0 Å². The van der Waals surface area contributed by atoms with E-state index < -0.39 is 0 Å². The average molecular weight is 353 g/mol. The van der Waals surface area contributed by atoms with Gasteiger partial charge in [0.15, 0.2) is 0 Å². The van der Waals surface area contributed by atoms with Gasteiger partial charge in [-0.05, 0) is 47.1 Å². The van der Waals surface area contributed by atoms with Crippen molar-refractivity contribution in [2.24, 2.45) is 11.8 Å². The Morgan fingerprint density at radius 2 is 2.08 bits per heavy atom. The number of thiophene rings is 1. The highest BCUT2D eigenvalue weighted by atomic mass is 32.1. The minimum atomic E-state index is 0.175. The molecule has 6 heteroatoms. The van der Waals surface area contributed by atoms with E-state index in [0.717, 1.165) is 52.2 Å². The summed E-state index contributed by atoms with van der Waals surface area (Å²) in [7, 11) is 0. The van der Waals surface area contributed by atoms with E-state index in [0.29, 0.717) is 18.9 Å². The Hall–Kier alpha value is -0.950. The van der Waals surface area contributed by atoms with E-state index in [1.54, 1.807) is 11.3 Å². The molecule has 0 spiro atoms. The molecule has 1 aromatic heterocycles. The fourth-order valence-corrected chi connectivity index (χ4v) is 4.48. The molecule has 3 rings (SSSR count). The summed E-state index contributed by atoms with van der Waals surface area (Å²) >= 11 is 1.68. The fourth-order valence-electron chi connectivity index (χ4n) is 3.78. The van der Waals surface area contributed by atoms with Crippen LogP contribution in [0.5, 0.6) is 0 Å². The van der Waals surface area contributed by atoms with Gasteiger partial charge in [0.2, 0.25) is 5.91 Å². The van der Waals surface area contributed by atoms with Gasteiger partial charge in [-0.2, -0.15) is 11.3 Å². The molecule has 2 aliphatic rings. The number of piperidine rings is 1. The van der Waals surface area contributed by atoms with Crippen LogP contribution >= 0.6 is 11.3 Å². The van der Waals surface area contributed by atoms with E-state index in [1.807, 2.05) is 4.90 Å². The van der Waals surface area contributed by atoms with Crippen LogP contribution in [0.2, 0.25) is 0 Å². The number of rotatable bonds is 6. The maximum absolute atomic E-state index is 12.6. The first-order chi connectivity index (χ1) is 11.7. The molecule has 1 aromatic rings. The standard InChI is InChI=1S/C18H28N2O3S/c21-13-17-9-16(10-19-4-6-23-7-5-19)11-20(12-17)18(22)2-1-15-3-8-24-14-15/h3,8,14,16-17,21H,1-2,4-7,9-13H2/t16-,17-/m0/s1. The van der Waals surface area contributed by atoms with Crippen LogP contribution in [0.25, 0.3) is 0 Å². The number of hydrogen-bond donors (Lipinski definition) is 1. The topological polar surface area (TPSA) is 53.0 Å². The van der Waals surface area contributed by atoms with E-state index in [-0.39, 0.29) is 18.4 Å². The van der Waals surface area contributed by atoms with Crippen LogP contribution in [0.1, 0.15) is 18.4 Å². The van der Waals surface area contributed by atoms with Gasteiger partial charge in [0.05, 0.1) is 13.2 Å². The van der Waals surface area contributed by atoms with Crippen LogP contribution in [0.4, 0.5) is 0 Å². The molecular formula is C18H28N2O3S. The second-order valence-corrected chi connectivity index (χ2v) is 7.77. The molecule has 1 amide bonds. The Bertz CT molecular complexity index is 502. The monoisotopic (exact) mass is 352 g/mol. The number of carbonyl (C=O) groups excluding carboxylic acids is 1. The number of nitrogens with zero attached hydrogens (tertiary/aromatic N) is 2. The first-order valence-corrected chi connectivity index (χ1v) is 9.88. The minimum absolute atomic E-state index is 0.175. The van der Waals surface area contributed by atoms with E-state index in [4.69, 9.17) is 4.74 Å². The fraction of sp³-hybridized carbons (Fsp3) is 0.722. The van der Waals surface area contributed by atoms with Gasteiger partial charge in [-0.3, -0.25) is 9.69 Å². The summed E-state index contributed by atoms with van der Waals surface area (Å²) < 4.78 is 5.41. The molecule has 2 atom stereocenters. The van der Waals surface area contributed by atoms with Crippen molar-refractivity contribution in [3.8, 4) is 0 Å². The quantitative estimate of drug-likeness (QED) is 0.842. The first kappa shape index (κ1) is 17.9.